The molecule has 0 amide bonds. The number of pyridine rings is 1. The van der Waals surface area contributed by atoms with Crippen molar-refractivity contribution in [1.29, 1.82) is 0 Å². The minimum Gasteiger partial charge on any atom is -0.494 e. The van der Waals surface area contributed by atoms with Gasteiger partial charge in [-0.2, -0.15) is 0 Å². The Morgan fingerprint density at radius 3 is 2.56 bits per heavy atom. The molecule has 84 valence electrons. The van der Waals surface area contributed by atoms with E-state index in [4.69, 9.17) is 4.74 Å². The van der Waals surface area contributed by atoms with Gasteiger partial charge in [-0.1, -0.05) is 29.8 Å². The number of ether oxygens (including phenoxy) is 1. The predicted molar refractivity (Wildman–Crippen MR) is 70.1 cm³/mol. The quantitative estimate of drug-likeness (QED) is 0.825. The number of hydrogen-bond donors (Lipinski definition) is 0. The second-order valence-corrected chi connectivity index (χ2v) is 4.89. The Hall–Kier alpha value is -1.09. The molecule has 0 aliphatic rings. The fourth-order valence-electron chi connectivity index (χ4n) is 1.66. The Kier molecular flexibility index (Phi) is 3.15. The molecule has 0 N–H and O–H groups in total. The van der Waals surface area contributed by atoms with E-state index in [0.717, 1.165) is 26.8 Å². The number of halogens is 1. The molecule has 0 bridgehead atoms. The molecule has 0 saturated heterocycles. The Labute approximate surface area is 104 Å². The minimum absolute atomic E-state index is 0.424. The van der Waals surface area contributed by atoms with E-state index >= 15 is 0 Å². The van der Waals surface area contributed by atoms with Crippen LogP contribution in [0, 0.1) is 0 Å². The summed E-state index contributed by atoms with van der Waals surface area (Å²) in [6, 6.07) is 8.07. The zero-order valence-corrected chi connectivity index (χ0v) is 11.2. The molecular formula is C13H14BrNO. The molecule has 0 atom stereocenters. The summed E-state index contributed by atoms with van der Waals surface area (Å²) in [4.78, 5) is 4.65. The lowest BCUT2D eigenvalue weighted by Crippen LogP contribution is -1.95. The van der Waals surface area contributed by atoms with Crippen molar-refractivity contribution in [3.8, 4) is 5.75 Å². The maximum atomic E-state index is 5.33. The van der Waals surface area contributed by atoms with E-state index in [0.29, 0.717) is 5.92 Å². The summed E-state index contributed by atoms with van der Waals surface area (Å²) < 4.78 is 6.38. The summed E-state index contributed by atoms with van der Waals surface area (Å²) in [6.45, 7) is 4.28. The topological polar surface area (TPSA) is 22.1 Å². The standard InChI is InChI=1S/C13H14BrNO/c1-8(2)11-6-4-9-10(14)5-7-12(16-3)13(9)15-11/h4-8H,1-3H3. The Balaban J connectivity index is 2.74. The average molecular weight is 280 g/mol. The van der Waals surface area contributed by atoms with Gasteiger partial charge in [-0.3, -0.25) is 0 Å². The van der Waals surface area contributed by atoms with Crippen LogP contribution in [0.5, 0.6) is 5.75 Å². The molecule has 16 heavy (non-hydrogen) atoms. The van der Waals surface area contributed by atoms with Gasteiger partial charge in [-0.05, 0) is 30.2 Å². The van der Waals surface area contributed by atoms with Gasteiger partial charge in [0.1, 0.15) is 11.3 Å². The summed E-state index contributed by atoms with van der Waals surface area (Å²) in [5, 5.41) is 1.09. The van der Waals surface area contributed by atoms with Crippen LogP contribution < -0.4 is 4.74 Å². The minimum atomic E-state index is 0.424. The van der Waals surface area contributed by atoms with Crippen LogP contribution in [0.25, 0.3) is 10.9 Å². The molecule has 0 spiro atoms. The maximum Gasteiger partial charge on any atom is 0.145 e. The van der Waals surface area contributed by atoms with Crippen molar-refractivity contribution in [3.63, 3.8) is 0 Å². The first-order chi connectivity index (χ1) is 7.63. The van der Waals surface area contributed by atoms with E-state index in [1.54, 1.807) is 7.11 Å². The maximum absolute atomic E-state index is 5.33. The second-order valence-electron chi connectivity index (χ2n) is 4.04. The van der Waals surface area contributed by atoms with Crippen molar-refractivity contribution in [1.82, 2.24) is 4.98 Å². The lowest BCUT2D eigenvalue weighted by atomic mass is 10.1. The molecule has 0 fully saturated rings. The van der Waals surface area contributed by atoms with Crippen molar-refractivity contribution in [3.05, 3.63) is 34.4 Å². The van der Waals surface area contributed by atoms with Crippen molar-refractivity contribution < 1.29 is 4.74 Å². The molecule has 0 aliphatic heterocycles. The van der Waals surface area contributed by atoms with Gasteiger partial charge in [0.05, 0.1) is 7.11 Å². The van der Waals surface area contributed by atoms with Gasteiger partial charge in [0, 0.05) is 15.6 Å². The number of aromatic nitrogens is 1. The summed E-state index contributed by atoms with van der Waals surface area (Å²) in [7, 11) is 1.67. The molecule has 2 aromatic rings. The van der Waals surface area contributed by atoms with Crippen LogP contribution in [0.4, 0.5) is 0 Å². The highest BCUT2D eigenvalue weighted by Crippen LogP contribution is 2.31. The molecule has 3 heteroatoms. The first-order valence-electron chi connectivity index (χ1n) is 5.26. The average Bonchev–Trinajstić information content (AvgIpc) is 2.29. The fourth-order valence-corrected chi connectivity index (χ4v) is 2.11. The van der Waals surface area contributed by atoms with Gasteiger partial charge in [-0.25, -0.2) is 4.98 Å². The number of rotatable bonds is 2. The summed E-state index contributed by atoms with van der Waals surface area (Å²) in [5.74, 6) is 1.24. The molecular weight excluding hydrogens is 266 g/mol. The summed E-state index contributed by atoms with van der Waals surface area (Å²) >= 11 is 3.53. The van der Waals surface area contributed by atoms with Crippen molar-refractivity contribution in [2.45, 2.75) is 19.8 Å². The van der Waals surface area contributed by atoms with Crippen LogP contribution in [0.15, 0.2) is 28.7 Å². The number of fused-ring (bicyclic) bond motifs is 1. The molecule has 0 aliphatic carbocycles. The van der Waals surface area contributed by atoms with E-state index in [1.165, 1.54) is 0 Å². The van der Waals surface area contributed by atoms with Gasteiger partial charge in [0.2, 0.25) is 0 Å². The van der Waals surface area contributed by atoms with E-state index in [1.807, 2.05) is 12.1 Å². The monoisotopic (exact) mass is 279 g/mol. The number of nitrogens with zero attached hydrogens (tertiary/aromatic N) is 1. The van der Waals surface area contributed by atoms with Crippen LogP contribution in [-0.2, 0) is 0 Å². The number of methoxy groups -OCH3 is 1. The highest BCUT2D eigenvalue weighted by molar-refractivity contribution is 9.10. The van der Waals surface area contributed by atoms with Gasteiger partial charge in [0.25, 0.3) is 0 Å². The van der Waals surface area contributed by atoms with Gasteiger partial charge in [0.15, 0.2) is 0 Å². The van der Waals surface area contributed by atoms with Gasteiger partial charge >= 0.3 is 0 Å². The SMILES string of the molecule is COc1ccc(Br)c2ccc(C(C)C)nc12. The summed E-state index contributed by atoms with van der Waals surface area (Å²) in [5.41, 5.74) is 2.01. The van der Waals surface area contributed by atoms with E-state index in [9.17, 15) is 0 Å². The van der Waals surface area contributed by atoms with Gasteiger partial charge in [-0.15, -0.1) is 0 Å². The second kappa shape index (κ2) is 4.42. The Bertz CT molecular complexity index is 523. The van der Waals surface area contributed by atoms with Crippen molar-refractivity contribution >= 4 is 26.8 Å². The zero-order chi connectivity index (χ0) is 11.7. The van der Waals surface area contributed by atoms with E-state index in [-0.39, 0.29) is 0 Å². The first-order valence-corrected chi connectivity index (χ1v) is 6.06. The third kappa shape index (κ3) is 1.92. The molecule has 2 rings (SSSR count). The van der Waals surface area contributed by atoms with Crippen LogP contribution >= 0.6 is 15.9 Å². The van der Waals surface area contributed by atoms with Crippen molar-refractivity contribution in [2.75, 3.05) is 7.11 Å². The van der Waals surface area contributed by atoms with Gasteiger partial charge < -0.3 is 4.74 Å². The van der Waals surface area contributed by atoms with E-state index in [2.05, 4.69) is 46.9 Å². The van der Waals surface area contributed by atoms with Crippen LogP contribution in [0.1, 0.15) is 25.5 Å². The molecule has 0 saturated carbocycles. The van der Waals surface area contributed by atoms with Crippen LogP contribution in [0.2, 0.25) is 0 Å². The normalized spacial score (nSPS) is 11.1. The number of hydrogen-bond acceptors (Lipinski definition) is 2. The highest BCUT2D eigenvalue weighted by atomic mass is 79.9. The fraction of sp³-hybridized carbons (Fsp3) is 0.308. The molecule has 2 nitrogen and oxygen atoms in total. The predicted octanol–water partition coefficient (Wildman–Crippen LogP) is 4.13. The third-order valence-corrected chi connectivity index (χ3v) is 3.29. The smallest absolute Gasteiger partial charge is 0.145 e. The third-order valence-electron chi connectivity index (χ3n) is 2.60. The lowest BCUT2D eigenvalue weighted by Gasteiger charge is -2.10. The van der Waals surface area contributed by atoms with Crippen molar-refractivity contribution in [2.24, 2.45) is 0 Å². The molecule has 0 radical (unpaired) electrons. The molecule has 1 heterocycles. The molecule has 0 unspecified atom stereocenters. The molecule has 1 aromatic heterocycles. The zero-order valence-electron chi connectivity index (χ0n) is 9.62. The van der Waals surface area contributed by atoms with Crippen LogP contribution in [0.3, 0.4) is 0 Å². The van der Waals surface area contributed by atoms with Crippen LogP contribution in [-0.4, -0.2) is 12.1 Å². The number of benzene rings is 1. The first kappa shape index (κ1) is 11.4. The Morgan fingerprint density at radius 1 is 1.19 bits per heavy atom. The van der Waals surface area contributed by atoms with E-state index < -0.39 is 0 Å². The summed E-state index contributed by atoms with van der Waals surface area (Å²) in [6.07, 6.45) is 0. The lowest BCUT2D eigenvalue weighted by molar-refractivity contribution is 0.418. The molecule has 1 aromatic carbocycles. The highest BCUT2D eigenvalue weighted by Gasteiger charge is 2.09. The Morgan fingerprint density at radius 2 is 1.94 bits per heavy atom. The largest absolute Gasteiger partial charge is 0.494 e.